The number of rotatable bonds is 0. The largest absolute Gasteiger partial charge is 0.254 e. The number of aryl methyl sites for hydroxylation is 2. The summed E-state index contributed by atoms with van der Waals surface area (Å²) in [6.45, 7) is 8.56. The van der Waals surface area contributed by atoms with Gasteiger partial charge in [0.2, 0.25) is 0 Å². The summed E-state index contributed by atoms with van der Waals surface area (Å²) in [5.74, 6) is 1.19. The van der Waals surface area contributed by atoms with Crippen LogP contribution in [0.2, 0.25) is 0 Å². The van der Waals surface area contributed by atoms with Crippen molar-refractivity contribution in [2.75, 3.05) is 0 Å². The van der Waals surface area contributed by atoms with Gasteiger partial charge in [-0.25, -0.2) is 0 Å². The highest BCUT2D eigenvalue weighted by Crippen LogP contribution is 2.38. The molecule has 1 aliphatic rings. The fourth-order valence-electron chi connectivity index (χ4n) is 2.12. The molecule has 0 spiro atoms. The molecular weight excluding hydrogens is 160 g/mol. The molecule has 0 bridgehead atoms. The number of fused-ring (bicyclic) bond motifs is 1. The topological polar surface area (TPSA) is 25.8 Å². The van der Waals surface area contributed by atoms with Crippen molar-refractivity contribution in [2.45, 2.75) is 46.0 Å². The van der Waals surface area contributed by atoms with Gasteiger partial charge in [-0.05, 0) is 20.3 Å². The van der Waals surface area contributed by atoms with Crippen LogP contribution in [0.15, 0.2) is 0 Å². The molecule has 0 aromatic carbocycles. The molecule has 1 heterocycles. The third-order valence-corrected chi connectivity index (χ3v) is 3.00. The summed E-state index contributed by atoms with van der Waals surface area (Å²) in [4.78, 5) is 9.24. The van der Waals surface area contributed by atoms with E-state index >= 15 is 0 Å². The molecule has 0 N–H and O–H groups in total. The Bertz CT molecular complexity index is 311. The Balaban J connectivity index is 2.58. The zero-order valence-electron chi connectivity index (χ0n) is 8.76. The molecule has 70 valence electrons. The smallest absolute Gasteiger partial charge is 0.0653 e. The van der Waals surface area contributed by atoms with Crippen LogP contribution in [0, 0.1) is 13.8 Å². The van der Waals surface area contributed by atoms with E-state index < -0.39 is 0 Å². The highest BCUT2D eigenvalue weighted by molar-refractivity contribution is 5.29. The third kappa shape index (κ3) is 1.25. The zero-order valence-corrected chi connectivity index (χ0v) is 8.76. The second-order valence-electron chi connectivity index (χ2n) is 4.20. The number of hydrogen-bond donors (Lipinski definition) is 0. The summed E-state index contributed by atoms with van der Waals surface area (Å²) >= 11 is 0. The van der Waals surface area contributed by atoms with Crippen molar-refractivity contribution in [3.63, 3.8) is 0 Å². The first-order valence-electron chi connectivity index (χ1n) is 4.94. The molecule has 13 heavy (non-hydrogen) atoms. The summed E-state index contributed by atoms with van der Waals surface area (Å²) in [5.41, 5.74) is 4.63. The first-order valence-corrected chi connectivity index (χ1v) is 4.94. The van der Waals surface area contributed by atoms with Gasteiger partial charge >= 0.3 is 0 Å². The van der Waals surface area contributed by atoms with Gasteiger partial charge in [-0.3, -0.25) is 9.97 Å². The Labute approximate surface area is 79.4 Å². The van der Waals surface area contributed by atoms with Gasteiger partial charge < -0.3 is 0 Å². The Morgan fingerprint density at radius 2 is 1.31 bits per heavy atom. The predicted molar refractivity (Wildman–Crippen MR) is 53.0 cm³/mol. The molecule has 1 aromatic rings. The van der Waals surface area contributed by atoms with E-state index in [-0.39, 0.29) is 0 Å². The van der Waals surface area contributed by atoms with Crippen LogP contribution in [0.4, 0.5) is 0 Å². The first-order chi connectivity index (χ1) is 6.09. The molecule has 0 amide bonds. The van der Waals surface area contributed by atoms with Crippen LogP contribution in [-0.2, 0) is 0 Å². The Kier molecular flexibility index (Phi) is 1.86. The maximum Gasteiger partial charge on any atom is 0.0653 e. The SMILES string of the molecule is Cc1nc2c(nc1C)[C@@H](C)C[C@@H]2C. The number of nitrogens with zero attached hydrogens (tertiary/aromatic N) is 2. The van der Waals surface area contributed by atoms with Gasteiger partial charge in [-0.15, -0.1) is 0 Å². The van der Waals surface area contributed by atoms with Crippen molar-refractivity contribution in [1.29, 1.82) is 0 Å². The van der Waals surface area contributed by atoms with Crippen molar-refractivity contribution in [2.24, 2.45) is 0 Å². The van der Waals surface area contributed by atoms with Crippen LogP contribution < -0.4 is 0 Å². The lowest BCUT2D eigenvalue weighted by Crippen LogP contribution is -2.01. The number of hydrogen-bond acceptors (Lipinski definition) is 2. The lowest BCUT2D eigenvalue weighted by Gasteiger charge is -2.06. The van der Waals surface area contributed by atoms with Gasteiger partial charge in [0, 0.05) is 11.8 Å². The quantitative estimate of drug-likeness (QED) is 0.607. The van der Waals surface area contributed by atoms with Gasteiger partial charge in [0.15, 0.2) is 0 Å². The molecule has 0 aliphatic heterocycles. The number of aromatic nitrogens is 2. The van der Waals surface area contributed by atoms with Crippen LogP contribution >= 0.6 is 0 Å². The molecule has 0 fully saturated rings. The lowest BCUT2D eigenvalue weighted by atomic mass is 10.1. The second kappa shape index (κ2) is 2.79. The maximum atomic E-state index is 4.62. The first kappa shape index (κ1) is 8.67. The average Bonchev–Trinajstić information content (AvgIpc) is 2.31. The predicted octanol–water partition coefficient (Wildman–Crippen LogP) is 2.70. The summed E-state index contributed by atoms with van der Waals surface area (Å²) in [6.07, 6.45) is 1.21. The van der Waals surface area contributed by atoms with Gasteiger partial charge in [0.25, 0.3) is 0 Å². The van der Waals surface area contributed by atoms with Gasteiger partial charge in [-0.1, -0.05) is 13.8 Å². The average molecular weight is 176 g/mol. The molecule has 0 unspecified atom stereocenters. The summed E-state index contributed by atoms with van der Waals surface area (Å²) in [5, 5.41) is 0. The normalized spacial score (nSPS) is 26.2. The maximum absolute atomic E-state index is 4.62. The van der Waals surface area contributed by atoms with Crippen molar-refractivity contribution in [1.82, 2.24) is 9.97 Å². The minimum Gasteiger partial charge on any atom is -0.254 e. The van der Waals surface area contributed by atoms with E-state index in [1.165, 1.54) is 17.8 Å². The van der Waals surface area contributed by atoms with E-state index in [9.17, 15) is 0 Å². The second-order valence-corrected chi connectivity index (χ2v) is 4.20. The van der Waals surface area contributed by atoms with Crippen LogP contribution in [0.3, 0.4) is 0 Å². The Morgan fingerprint density at radius 3 is 1.69 bits per heavy atom. The molecule has 2 heteroatoms. The molecule has 0 radical (unpaired) electrons. The van der Waals surface area contributed by atoms with E-state index in [2.05, 4.69) is 23.8 Å². The standard InChI is InChI=1S/C11H16N2/c1-6-5-7(2)11-10(6)12-8(3)9(4)13-11/h6-7H,5H2,1-4H3/t6-,7-/m0/s1. The molecular formula is C11H16N2. The van der Waals surface area contributed by atoms with E-state index in [4.69, 9.17) is 0 Å². The van der Waals surface area contributed by atoms with Gasteiger partial charge in [-0.2, -0.15) is 0 Å². The lowest BCUT2D eigenvalue weighted by molar-refractivity contribution is 0.650. The zero-order chi connectivity index (χ0) is 9.59. The van der Waals surface area contributed by atoms with Crippen molar-refractivity contribution in [3.8, 4) is 0 Å². The highest BCUT2D eigenvalue weighted by atomic mass is 14.9. The van der Waals surface area contributed by atoms with Crippen LogP contribution in [-0.4, -0.2) is 9.97 Å². The van der Waals surface area contributed by atoms with Crippen molar-refractivity contribution < 1.29 is 0 Å². The van der Waals surface area contributed by atoms with Crippen molar-refractivity contribution >= 4 is 0 Å². The molecule has 0 saturated heterocycles. The van der Waals surface area contributed by atoms with E-state index in [1.54, 1.807) is 0 Å². The molecule has 2 atom stereocenters. The van der Waals surface area contributed by atoms with Crippen LogP contribution in [0.5, 0.6) is 0 Å². The minimum absolute atomic E-state index is 0.594. The van der Waals surface area contributed by atoms with E-state index in [0.717, 1.165) is 11.4 Å². The molecule has 1 aliphatic carbocycles. The van der Waals surface area contributed by atoms with Crippen molar-refractivity contribution in [3.05, 3.63) is 22.8 Å². The van der Waals surface area contributed by atoms with E-state index in [1.807, 2.05) is 13.8 Å². The van der Waals surface area contributed by atoms with Crippen LogP contribution in [0.25, 0.3) is 0 Å². The summed E-state index contributed by atoms with van der Waals surface area (Å²) in [6, 6.07) is 0. The van der Waals surface area contributed by atoms with Crippen LogP contribution in [0.1, 0.15) is 54.9 Å². The molecule has 2 rings (SSSR count). The Morgan fingerprint density at radius 1 is 0.923 bits per heavy atom. The summed E-state index contributed by atoms with van der Waals surface area (Å²) < 4.78 is 0. The van der Waals surface area contributed by atoms with Gasteiger partial charge in [0.1, 0.15) is 0 Å². The molecule has 0 saturated carbocycles. The fraction of sp³-hybridized carbons (Fsp3) is 0.636. The van der Waals surface area contributed by atoms with E-state index in [0.29, 0.717) is 11.8 Å². The highest BCUT2D eigenvalue weighted by Gasteiger charge is 2.28. The minimum atomic E-state index is 0.594. The summed E-state index contributed by atoms with van der Waals surface area (Å²) in [7, 11) is 0. The Hall–Kier alpha value is -0.920. The molecule has 2 nitrogen and oxygen atoms in total. The fourth-order valence-corrected chi connectivity index (χ4v) is 2.12. The monoisotopic (exact) mass is 176 g/mol. The third-order valence-electron chi connectivity index (χ3n) is 3.00. The van der Waals surface area contributed by atoms with Gasteiger partial charge in [0.05, 0.1) is 22.8 Å². The molecule has 1 aromatic heterocycles.